The quantitative estimate of drug-likeness (QED) is 0.758. The first-order valence-electron chi connectivity index (χ1n) is 8.48. The highest BCUT2D eigenvalue weighted by Crippen LogP contribution is 2.28. The summed E-state index contributed by atoms with van der Waals surface area (Å²) in [5.41, 5.74) is 7.03. The van der Waals surface area contributed by atoms with Gasteiger partial charge in [-0.25, -0.2) is 0 Å². The van der Waals surface area contributed by atoms with Crippen molar-refractivity contribution < 1.29 is 9.53 Å². The van der Waals surface area contributed by atoms with E-state index in [9.17, 15) is 4.79 Å². The monoisotopic (exact) mass is 377 g/mol. The highest BCUT2D eigenvalue weighted by molar-refractivity contribution is 6.34. The number of nitrogens with two attached hydrogens (primary N) is 1. The normalized spacial score (nSPS) is 12.5. The van der Waals surface area contributed by atoms with E-state index in [2.05, 4.69) is 16.1 Å². The maximum Gasteiger partial charge on any atom is 0.250 e. The molecule has 0 fully saturated rings. The van der Waals surface area contributed by atoms with E-state index in [1.54, 1.807) is 30.5 Å². The largest absolute Gasteiger partial charge is 0.457 e. The number of rotatable bonds is 4. The average Bonchev–Trinajstić information content (AvgIpc) is 2.68. The van der Waals surface area contributed by atoms with Crippen LogP contribution in [0.15, 0.2) is 59.7 Å². The van der Waals surface area contributed by atoms with Crippen molar-refractivity contribution in [3.8, 4) is 22.8 Å². The number of halogens is 1. The van der Waals surface area contributed by atoms with Crippen molar-refractivity contribution in [2.45, 2.75) is 6.42 Å². The summed E-state index contributed by atoms with van der Waals surface area (Å²) in [6, 6.07) is 14.5. The van der Waals surface area contributed by atoms with Crippen molar-refractivity contribution in [2.24, 2.45) is 10.7 Å². The SMILES string of the molecule is NC(=O)c1ccc(-c2cc(Oc3ccc4c(c3)=CCCN=4)ccn2)cc1Cl. The van der Waals surface area contributed by atoms with Gasteiger partial charge in [0.25, 0.3) is 0 Å². The summed E-state index contributed by atoms with van der Waals surface area (Å²) < 4.78 is 5.99. The van der Waals surface area contributed by atoms with Gasteiger partial charge in [-0.3, -0.25) is 14.8 Å². The summed E-state index contributed by atoms with van der Waals surface area (Å²) in [6.07, 6.45) is 4.77. The fourth-order valence-electron chi connectivity index (χ4n) is 2.95. The Labute approximate surface area is 160 Å². The summed E-state index contributed by atoms with van der Waals surface area (Å²) in [5.74, 6) is 0.830. The van der Waals surface area contributed by atoms with Crippen LogP contribution in [-0.2, 0) is 0 Å². The van der Waals surface area contributed by atoms with Crippen LogP contribution in [0.25, 0.3) is 17.3 Å². The lowest BCUT2D eigenvalue weighted by Gasteiger charge is -2.09. The molecule has 0 aliphatic carbocycles. The Morgan fingerprint density at radius 2 is 1.93 bits per heavy atom. The number of primary amides is 1. The Balaban J connectivity index is 1.64. The molecule has 0 unspecified atom stereocenters. The van der Waals surface area contributed by atoms with E-state index in [4.69, 9.17) is 22.1 Å². The third-order valence-corrected chi connectivity index (χ3v) is 4.58. The topological polar surface area (TPSA) is 77.6 Å². The zero-order valence-electron chi connectivity index (χ0n) is 14.4. The number of carbonyl (C=O) groups excluding carboxylic acids is 1. The van der Waals surface area contributed by atoms with Crippen molar-refractivity contribution in [2.75, 3.05) is 6.54 Å². The zero-order valence-corrected chi connectivity index (χ0v) is 15.1. The van der Waals surface area contributed by atoms with Crippen LogP contribution in [0.2, 0.25) is 5.02 Å². The second kappa shape index (κ2) is 7.21. The molecule has 0 bridgehead atoms. The number of benzene rings is 2. The van der Waals surface area contributed by atoms with Gasteiger partial charge in [0.05, 0.1) is 21.6 Å². The molecule has 6 heteroatoms. The number of ether oxygens (including phenoxy) is 1. The molecule has 1 aliphatic rings. The van der Waals surface area contributed by atoms with E-state index >= 15 is 0 Å². The molecule has 0 saturated heterocycles. The Kier molecular flexibility index (Phi) is 4.60. The molecule has 2 heterocycles. The Morgan fingerprint density at radius 1 is 1.07 bits per heavy atom. The molecule has 0 atom stereocenters. The predicted octanol–water partition coefficient (Wildman–Crippen LogP) is 3.10. The number of hydrogen-bond donors (Lipinski definition) is 1. The van der Waals surface area contributed by atoms with Crippen molar-refractivity contribution in [3.05, 3.63) is 75.9 Å². The second-order valence-electron chi connectivity index (χ2n) is 6.13. The minimum absolute atomic E-state index is 0.281. The Bertz CT molecular complexity index is 1160. The van der Waals surface area contributed by atoms with Crippen molar-refractivity contribution in [1.29, 1.82) is 0 Å². The van der Waals surface area contributed by atoms with Gasteiger partial charge in [0.15, 0.2) is 0 Å². The number of fused-ring (bicyclic) bond motifs is 1. The smallest absolute Gasteiger partial charge is 0.250 e. The number of pyridine rings is 1. The van der Waals surface area contributed by atoms with E-state index in [-0.39, 0.29) is 5.56 Å². The van der Waals surface area contributed by atoms with Gasteiger partial charge in [0.1, 0.15) is 11.5 Å². The highest BCUT2D eigenvalue weighted by Gasteiger charge is 2.10. The van der Waals surface area contributed by atoms with Gasteiger partial charge < -0.3 is 10.5 Å². The molecule has 27 heavy (non-hydrogen) atoms. The average molecular weight is 378 g/mol. The zero-order chi connectivity index (χ0) is 18.8. The van der Waals surface area contributed by atoms with Gasteiger partial charge in [0, 0.05) is 24.4 Å². The Morgan fingerprint density at radius 3 is 2.74 bits per heavy atom. The molecule has 134 valence electrons. The first-order chi connectivity index (χ1) is 13.1. The molecule has 0 spiro atoms. The predicted molar refractivity (Wildman–Crippen MR) is 104 cm³/mol. The number of aromatic nitrogens is 1. The fourth-order valence-corrected chi connectivity index (χ4v) is 3.23. The summed E-state index contributed by atoms with van der Waals surface area (Å²) in [7, 11) is 0. The molecule has 1 aromatic heterocycles. The van der Waals surface area contributed by atoms with Crippen LogP contribution in [0.3, 0.4) is 0 Å². The molecule has 0 radical (unpaired) electrons. The van der Waals surface area contributed by atoms with Crippen LogP contribution in [0, 0.1) is 0 Å². The van der Waals surface area contributed by atoms with Crippen LogP contribution in [0.5, 0.6) is 11.5 Å². The lowest BCUT2D eigenvalue weighted by Crippen LogP contribution is -2.27. The fraction of sp³-hybridized carbons (Fsp3) is 0.0952. The highest BCUT2D eigenvalue weighted by atomic mass is 35.5. The lowest BCUT2D eigenvalue weighted by atomic mass is 10.1. The third-order valence-electron chi connectivity index (χ3n) is 4.27. The van der Waals surface area contributed by atoms with E-state index in [0.29, 0.717) is 16.5 Å². The molecule has 2 N–H and O–H groups in total. The molecule has 1 amide bonds. The summed E-state index contributed by atoms with van der Waals surface area (Å²) in [4.78, 5) is 20.2. The number of hydrogen-bond acceptors (Lipinski definition) is 4. The van der Waals surface area contributed by atoms with Gasteiger partial charge in [-0.1, -0.05) is 23.7 Å². The van der Waals surface area contributed by atoms with Gasteiger partial charge >= 0.3 is 0 Å². The van der Waals surface area contributed by atoms with Gasteiger partial charge in [-0.15, -0.1) is 0 Å². The Hall–Kier alpha value is -3.18. The summed E-state index contributed by atoms with van der Waals surface area (Å²) >= 11 is 6.14. The molecule has 2 aromatic carbocycles. The van der Waals surface area contributed by atoms with E-state index in [1.165, 1.54) is 0 Å². The van der Waals surface area contributed by atoms with Gasteiger partial charge in [-0.05, 0) is 48.0 Å². The standard InChI is InChI=1S/C21H16ClN3O2/c22-18-11-14(3-5-17(18)21(23)26)20-12-16(7-9-25-20)27-15-4-6-19-13(10-15)2-1-8-24-19/h2-7,9-12H,1,8H2,(H2,23,26). The van der Waals surface area contributed by atoms with E-state index in [0.717, 1.165) is 34.9 Å². The minimum atomic E-state index is -0.562. The van der Waals surface area contributed by atoms with Crippen molar-refractivity contribution in [1.82, 2.24) is 4.98 Å². The van der Waals surface area contributed by atoms with Crippen molar-refractivity contribution in [3.63, 3.8) is 0 Å². The molecule has 0 saturated carbocycles. The van der Waals surface area contributed by atoms with E-state index in [1.807, 2.05) is 24.3 Å². The molecule has 4 rings (SSSR count). The number of amides is 1. The molecular weight excluding hydrogens is 362 g/mol. The van der Waals surface area contributed by atoms with Gasteiger partial charge in [0.2, 0.25) is 5.91 Å². The van der Waals surface area contributed by atoms with E-state index < -0.39 is 5.91 Å². The van der Waals surface area contributed by atoms with Crippen LogP contribution in [-0.4, -0.2) is 17.4 Å². The van der Waals surface area contributed by atoms with Gasteiger partial charge in [-0.2, -0.15) is 0 Å². The van der Waals surface area contributed by atoms with Crippen LogP contribution in [0.4, 0.5) is 0 Å². The first kappa shape index (κ1) is 17.2. The third kappa shape index (κ3) is 3.68. The molecule has 3 aromatic rings. The maximum atomic E-state index is 11.3. The van der Waals surface area contributed by atoms with Crippen molar-refractivity contribution >= 4 is 23.6 Å². The summed E-state index contributed by atoms with van der Waals surface area (Å²) in [5, 5.41) is 2.37. The van der Waals surface area contributed by atoms with Crippen LogP contribution < -0.4 is 21.0 Å². The number of nitrogens with zero attached hydrogens (tertiary/aromatic N) is 2. The number of carbonyl (C=O) groups is 1. The van der Waals surface area contributed by atoms with Crippen LogP contribution in [0.1, 0.15) is 16.8 Å². The minimum Gasteiger partial charge on any atom is -0.457 e. The first-order valence-corrected chi connectivity index (χ1v) is 8.86. The second-order valence-corrected chi connectivity index (χ2v) is 6.54. The molecular formula is C21H16ClN3O2. The summed E-state index contributed by atoms with van der Waals surface area (Å²) in [6.45, 7) is 0.831. The molecule has 1 aliphatic heterocycles. The maximum absolute atomic E-state index is 11.3. The lowest BCUT2D eigenvalue weighted by molar-refractivity contribution is 0.100. The molecule has 5 nitrogen and oxygen atoms in total. The van der Waals surface area contributed by atoms with Crippen LogP contribution >= 0.6 is 11.6 Å².